The Bertz CT molecular complexity index is 1600. The number of amides is 2. The van der Waals surface area contributed by atoms with E-state index in [2.05, 4.69) is 11.9 Å². The van der Waals surface area contributed by atoms with Gasteiger partial charge in [-0.25, -0.2) is 17.9 Å². The number of hydrogen-bond acceptors (Lipinski definition) is 3. The van der Waals surface area contributed by atoms with Crippen LogP contribution in [0.25, 0.3) is 5.69 Å². The first-order valence-corrected chi connectivity index (χ1v) is 13.3. The van der Waals surface area contributed by atoms with E-state index in [4.69, 9.17) is 5.10 Å². The summed E-state index contributed by atoms with van der Waals surface area (Å²) in [4.78, 5) is 29.2. The highest BCUT2D eigenvalue weighted by molar-refractivity contribution is 6.05. The van der Waals surface area contributed by atoms with Gasteiger partial charge in [0.2, 0.25) is 0 Å². The van der Waals surface area contributed by atoms with Crippen LogP contribution in [-0.2, 0) is 10.7 Å². The standard InChI is InChI=1S/C32H29F3N4O2/c1-4-18-32(34,35)23-11-9-10-22(19-23)29(40)36-28-27(21-14-16-24(33)17-15-21)26-20(3)37-39(25-12-7-6-8-13-25)30(26)38(5-2)31(28)41/h4,6-17,19,27-28H,1,5,18H2,2-3H3,(H,36,40)/t27-,28?/m0/s1. The van der Waals surface area contributed by atoms with E-state index in [0.29, 0.717) is 22.6 Å². The van der Waals surface area contributed by atoms with Gasteiger partial charge in [0.25, 0.3) is 17.7 Å². The van der Waals surface area contributed by atoms with Gasteiger partial charge in [-0.2, -0.15) is 5.10 Å². The van der Waals surface area contributed by atoms with E-state index in [1.165, 1.54) is 30.3 Å². The number of nitrogens with one attached hydrogen (secondary N) is 1. The summed E-state index contributed by atoms with van der Waals surface area (Å²) in [6, 6.07) is 19.2. The molecule has 1 aliphatic rings. The average molecular weight is 559 g/mol. The van der Waals surface area contributed by atoms with Gasteiger partial charge in [-0.3, -0.25) is 14.5 Å². The van der Waals surface area contributed by atoms with Crippen molar-refractivity contribution in [1.82, 2.24) is 15.1 Å². The first-order valence-electron chi connectivity index (χ1n) is 13.3. The number of fused-ring (bicyclic) bond motifs is 1. The number of nitrogens with zero attached hydrogens (tertiary/aromatic N) is 3. The zero-order chi connectivity index (χ0) is 29.3. The lowest BCUT2D eigenvalue weighted by Crippen LogP contribution is -2.55. The molecule has 9 heteroatoms. The van der Waals surface area contributed by atoms with Gasteiger partial charge in [0.1, 0.15) is 17.7 Å². The summed E-state index contributed by atoms with van der Waals surface area (Å²) in [5, 5.41) is 7.58. The fourth-order valence-electron chi connectivity index (χ4n) is 5.37. The van der Waals surface area contributed by atoms with Crippen LogP contribution in [0.1, 0.15) is 52.0 Å². The van der Waals surface area contributed by atoms with Gasteiger partial charge >= 0.3 is 0 Å². The minimum absolute atomic E-state index is 0.0116. The van der Waals surface area contributed by atoms with Crippen LogP contribution in [0.4, 0.5) is 19.0 Å². The number of hydrogen-bond donors (Lipinski definition) is 1. The minimum Gasteiger partial charge on any atom is -0.339 e. The third-order valence-corrected chi connectivity index (χ3v) is 7.29. The van der Waals surface area contributed by atoms with Crippen molar-refractivity contribution >= 4 is 17.6 Å². The molecule has 41 heavy (non-hydrogen) atoms. The number of allylic oxidation sites excluding steroid dienone is 1. The molecule has 210 valence electrons. The van der Waals surface area contributed by atoms with Crippen LogP contribution in [0.2, 0.25) is 0 Å². The molecular formula is C32H29F3N4O2. The van der Waals surface area contributed by atoms with E-state index in [1.54, 1.807) is 21.7 Å². The zero-order valence-electron chi connectivity index (χ0n) is 22.7. The van der Waals surface area contributed by atoms with E-state index in [0.717, 1.165) is 17.8 Å². The molecular weight excluding hydrogens is 529 g/mol. The number of likely N-dealkylation sites (N-methyl/N-ethyl adjacent to an activating group) is 1. The third-order valence-electron chi connectivity index (χ3n) is 7.29. The first kappa shape index (κ1) is 27.9. The van der Waals surface area contributed by atoms with Gasteiger partial charge < -0.3 is 5.32 Å². The summed E-state index contributed by atoms with van der Waals surface area (Å²) < 4.78 is 44.8. The van der Waals surface area contributed by atoms with Crippen LogP contribution < -0.4 is 10.2 Å². The largest absolute Gasteiger partial charge is 0.339 e. The van der Waals surface area contributed by atoms with Crippen molar-refractivity contribution in [2.75, 3.05) is 11.4 Å². The van der Waals surface area contributed by atoms with Crippen molar-refractivity contribution in [2.45, 2.75) is 38.2 Å². The van der Waals surface area contributed by atoms with Crippen molar-refractivity contribution < 1.29 is 22.8 Å². The topological polar surface area (TPSA) is 67.2 Å². The molecule has 1 aromatic heterocycles. The number of carbonyl (C=O) groups excluding carboxylic acids is 2. The Balaban J connectivity index is 1.62. The Morgan fingerprint density at radius 2 is 1.78 bits per heavy atom. The van der Waals surface area contributed by atoms with Crippen LogP contribution in [0.5, 0.6) is 0 Å². The van der Waals surface area contributed by atoms with E-state index >= 15 is 0 Å². The number of benzene rings is 3. The number of aryl methyl sites for hydroxylation is 1. The maximum Gasteiger partial charge on any atom is 0.276 e. The second kappa shape index (κ2) is 11.1. The molecule has 1 N–H and O–H groups in total. The van der Waals surface area contributed by atoms with Gasteiger partial charge in [0.15, 0.2) is 0 Å². The normalized spacial score (nSPS) is 16.8. The predicted molar refractivity (Wildman–Crippen MR) is 151 cm³/mol. The number of para-hydroxylation sites is 1. The molecule has 0 bridgehead atoms. The molecule has 2 amide bonds. The summed E-state index contributed by atoms with van der Waals surface area (Å²) >= 11 is 0. The van der Waals surface area contributed by atoms with Gasteiger partial charge in [0.05, 0.1) is 11.4 Å². The molecule has 0 saturated carbocycles. The minimum atomic E-state index is -3.20. The van der Waals surface area contributed by atoms with E-state index < -0.39 is 41.9 Å². The number of anilines is 1. The lowest BCUT2D eigenvalue weighted by molar-refractivity contribution is -0.121. The number of aromatic nitrogens is 2. The number of alkyl halides is 2. The number of rotatable bonds is 8. The Morgan fingerprint density at radius 1 is 1.07 bits per heavy atom. The van der Waals surface area contributed by atoms with Gasteiger partial charge in [-0.15, -0.1) is 6.58 Å². The van der Waals surface area contributed by atoms with E-state index in [9.17, 15) is 22.8 Å². The van der Waals surface area contributed by atoms with Crippen LogP contribution >= 0.6 is 0 Å². The van der Waals surface area contributed by atoms with Crippen LogP contribution in [0.3, 0.4) is 0 Å². The molecule has 3 aromatic carbocycles. The Labute approximate surface area is 236 Å². The molecule has 1 unspecified atom stereocenters. The molecule has 0 fully saturated rings. The smallest absolute Gasteiger partial charge is 0.276 e. The second-order valence-electron chi connectivity index (χ2n) is 9.91. The molecule has 0 spiro atoms. The highest BCUT2D eigenvalue weighted by atomic mass is 19.3. The van der Waals surface area contributed by atoms with Crippen LogP contribution in [0, 0.1) is 12.7 Å². The van der Waals surface area contributed by atoms with Crippen molar-refractivity contribution in [3.05, 3.63) is 125 Å². The molecule has 0 radical (unpaired) electrons. The number of carbonyl (C=O) groups is 2. The predicted octanol–water partition coefficient (Wildman–Crippen LogP) is 6.28. The van der Waals surface area contributed by atoms with Crippen LogP contribution in [0.15, 0.2) is 91.5 Å². The fraction of sp³-hybridized carbons (Fsp3) is 0.219. The Morgan fingerprint density at radius 3 is 2.44 bits per heavy atom. The highest BCUT2D eigenvalue weighted by Gasteiger charge is 2.45. The molecule has 0 saturated heterocycles. The second-order valence-corrected chi connectivity index (χ2v) is 9.91. The molecule has 4 aromatic rings. The summed E-state index contributed by atoms with van der Waals surface area (Å²) in [5.74, 6) is -4.88. The van der Waals surface area contributed by atoms with Gasteiger partial charge in [0, 0.05) is 35.6 Å². The van der Waals surface area contributed by atoms with Crippen molar-refractivity contribution in [1.29, 1.82) is 0 Å². The lowest BCUT2D eigenvalue weighted by Gasteiger charge is -2.38. The first-order chi connectivity index (χ1) is 19.7. The Kier molecular flexibility index (Phi) is 7.53. The molecule has 1 aliphatic heterocycles. The van der Waals surface area contributed by atoms with Crippen molar-refractivity contribution in [2.24, 2.45) is 0 Å². The summed E-state index contributed by atoms with van der Waals surface area (Å²) in [7, 11) is 0. The molecule has 2 atom stereocenters. The quantitative estimate of drug-likeness (QED) is 0.259. The molecule has 6 nitrogen and oxygen atoms in total. The molecule has 5 rings (SSSR count). The maximum absolute atomic E-state index is 14.6. The fourth-order valence-corrected chi connectivity index (χ4v) is 5.37. The van der Waals surface area contributed by atoms with Crippen molar-refractivity contribution in [3.63, 3.8) is 0 Å². The Hall–Kier alpha value is -4.66. The van der Waals surface area contributed by atoms with Gasteiger partial charge in [-0.05, 0) is 55.8 Å². The average Bonchev–Trinajstić information content (AvgIpc) is 3.31. The van der Waals surface area contributed by atoms with Gasteiger partial charge in [-0.1, -0.05) is 48.5 Å². The lowest BCUT2D eigenvalue weighted by atomic mass is 9.81. The number of halogens is 3. The zero-order valence-corrected chi connectivity index (χ0v) is 22.7. The summed E-state index contributed by atoms with van der Waals surface area (Å²) in [5.41, 5.74) is 2.35. The SMILES string of the molecule is C=CCC(F)(F)c1cccc(C(=O)NC2C(=O)N(CC)c3c(c(C)nn3-c3ccccc3)[C@@H]2c2ccc(F)cc2)c1. The van der Waals surface area contributed by atoms with E-state index in [1.807, 2.05) is 44.2 Å². The summed E-state index contributed by atoms with van der Waals surface area (Å²) in [6.07, 6.45) is 0.542. The maximum atomic E-state index is 14.6. The third kappa shape index (κ3) is 5.15. The molecule has 0 aliphatic carbocycles. The highest BCUT2D eigenvalue weighted by Crippen LogP contribution is 2.43. The summed E-state index contributed by atoms with van der Waals surface area (Å²) in [6.45, 7) is 7.32. The monoisotopic (exact) mass is 558 g/mol. The van der Waals surface area contributed by atoms with E-state index in [-0.39, 0.29) is 17.7 Å². The molecule has 2 heterocycles. The van der Waals surface area contributed by atoms with Crippen LogP contribution in [-0.4, -0.2) is 34.2 Å². The van der Waals surface area contributed by atoms with Crippen molar-refractivity contribution in [3.8, 4) is 5.69 Å².